The van der Waals surface area contributed by atoms with E-state index in [0.717, 1.165) is 22.3 Å². The predicted octanol–water partition coefficient (Wildman–Crippen LogP) is 6.01. The average molecular weight is 455 g/mol. The van der Waals surface area contributed by atoms with Gasteiger partial charge in [-0.05, 0) is 72.4 Å². The molecule has 174 valence electrons. The number of imide groups is 1. The Labute approximate surface area is 201 Å². The molecule has 0 atom stereocenters. The van der Waals surface area contributed by atoms with Crippen LogP contribution in [0.4, 0.5) is 11.4 Å². The van der Waals surface area contributed by atoms with Crippen LogP contribution >= 0.6 is 0 Å². The fourth-order valence-corrected chi connectivity index (χ4v) is 4.15. The Balaban J connectivity index is 1.79. The molecule has 0 spiro atoms. The van der Waals surface area contributed by atoms with Crippen LogP contribution in [0, 0.1) is 13.8 Å². The maximum atomic E-state index is 13.7. The molecule has 5 heteroatoms. The van der Waals surface area contributed by atoms with Gasteiger partial charge in [0, 0.05) is 5.69 Å². The number of rotatable bonds is 5. The van der Waals surface area contributed by atoms with E-state index in [1.807, 2.05) is 80.6 Å². The summed E-state index contributed by atoms with van der Waals surface area (Å²) < 4.78 is 5.23. The number of nitrogens with zero attached hydrogens (tertiary/aromatic N) is 1. The number of benzene rings is 3. The second-order valence-electron chi connectivity index (χ2n) is 9.66. The molecule has 5 nitrogen and oxygen atoms in total. The van der Waals surface area contributed by atoms with E-state index in [-0.39, 0.29) is 22.9 Å². The van der Waals surface area contributed by atoms with E-state index < -0.39 is 0 Å². The van der Waals surface area contributed by atoms with Crippen molar-refractivity contribution in [1.82, 2.24) is 0 Å². The minimum Gasteiger partial charge on any atom is -0.497 e. The zero-order valence-corrected chi connectivity index (χ0v) is 20.5. The van der Waals surface area contributed by atoms with E-state index in [4.69, 9.17) is 4.74 Å². The van der Waals surface area contributed by atoms with Crippen LogP contribution < -0.4 is 15.0 Å². The summed E-state index contributed by atoms with van der Waals surface area (Å²) in [5, 5.41) is 3.21. The van der Waals surface area contributed by atoms with Crippen molar-refractivity contribution in [3.63, 3.8) is 0 Å². The lowest BCUT2D eigenvalue weighted by molar-refractivity contribution is -0.120. The topological polar surface area (TPSA) is 58.6 Å². The van der Waals surface area contributed by atoms with Crippen LogP contribution in [-0.4, -0.2) is 18.9 Å². The largest absolute Gasteiger partial charge is 0.497 e. The third-order valence-corrected chi connectivity index (χ3v) is 6.09. The van der Waals surface area contributed by atoms with Crippen molar-refractivity contribution in [2.75, 3.05) is 17.3 Å². The normalized spacial score (nSPS) is 14.1. The molecule has 1 heterocycles. The Morgan fingerprint density at radius 3 is 2.03 bits per heavy atom. The summed E-state index contributed by atoms with van der Waals surface area (Å²) in [6.45, 7) is 10.4. The van der Waals surface area contributed by atoms with Crippen LogP contribution in [-0.2, 0) is 15.0 Å². The number of ether oxygens (including phenoxy) is 1. The van der Waals surface area contributed by atoms with Gasteiger partial charge < -0.3 is 10.1 Å². The van der Waals surface area contributed by atoms with Crippen molar-refractivity contribution in [2.45, 2.75) is 40.0 Å². The SMILES string of the molecule is COc1ccc(NC2=C(c3ccc(C)cc3C)C(=O)N(c3ccc(C(C)(C)C)cc3)C2=O)cc1. The smallest absolute Gasteiger partial charge is 0.282 e. The molecule has 0 bridgehead atoms. The Morgan fingerprint density at radius 1 is 0.824 bits per heavy atom. The first kappa shape index (κ1) is 23.3. The maximum Gasteiger partial charge on any atom is 0.282 e. The van der Waals surface area contributed by atoms with Crippen molar-refractivity contribution in [2.24, 2.45) is 0 Å². The maximum absolute atomic E-state index is 13.7. The minimum atomic E-state index is -0.376. The van der Waals surface area contributed by atoms with Gasteiger partial charge in [0.15, 0.2) is 0 Å². The van der Waals surface area contributed by atoms with Gasteiger partial charge in [0.1, 0.15) is 11.4 Å². The minimum absolute atomic E-state index is 0.0267. The Bertz CT molecular complexity index is 1280. The molecular weight excluding hydrogens is 424 g/mol. The van der Waals surface area contributed by atoms with Gasteiger partial charge >= 0.3 is 0 Å². The zero-order chi connectivity index (χ0) is 24.6. The summed E-state index contributed by atoms with van der Waals surface area (Å²) in [6.07, 6.45) is 0. The summed E-state index contributed by atoms with van der Waals surface area (Å²) in [5.41, 5.74) is 5.78. The molecule has 1 N–H and O–H groups in total. The number of carbonyl (C=O) groups excluding carboxylic acids is 2. The molecule has 34 heavy (non-hydrogen) atoms. The van der Waals surface area contributed by atoms with Gasteiger partial charge in [-0.1, -0.05) is 56.7 Å². The molecule has 3 aromatic carbocycles. The molecule has 0 fully saturated rings. The molecule has 1 aliphatic heterocycles. The highest BCUT2D eigenvalue weighted by Gasteiger charge is 2.40. The Morgan fingerprint density at radius 2 is 1.47 bits per heavy atom. The third-order valence-electron chi connectivity index (χ3n) is 6.09. The molecular formula is C29H30N2O3. The van der Waals surface area contributed by atoms with Crippen molar-refractivity contribution in [3.05, 3.63) is 94.7 Å². The van der Waals surface area contributed by atoms with E-state index in [2.05, 4.69) is 26.1 Å². The molecule has 0 aliphatic carbocycles. The number of hydrogen-bond acceptors (Lipinski definition) is 4. The predicted molar refractivity (Wildman–Crippen MR) is 137 cm³/mol. The van der Waals surface area contributed by atoms with Crippen LogP contribution in [0.3, 0.4) is 0 Å². The standard InChI is InChI=1S/C29H30N2O3/c1-18-7-16-24(19(2)17-18)25-26(30-21-10-14-23(34-6)15-11-21)28(33)31(27(25)32)22-12-8-20(9-13-22)29(3,4)5/h7-17,30H,1-6H3. The highest BCUT2D eigenvalue weighted by molar-refractivity contribution is 6.46. The van der Waals surface area contributed by atoms with Gasteiger partial charge in [0.05, 0.1) is 18.4 Å². The monoisotopic (exact) mass is 454 g/mol. The van der Waals surface area contributed by atoms with Crippen LogP contribution in [0.5, 0.6) is 5.75 Å². The molecule has 1 aliphatic rings. The fraction of sp³-hybridized carbons (Fsp3) is 0.241. The van der Waals surface area contributed by atoms with Gasteiger partial charge in [-0.3, -0.25) is 9.59 Å². The van der Waals surface area contributed by atoms with Crippen LogP contribution in [0.2, 0.25) is 0 Å². The summed E-state index contributed by atoms with van der Waals surface area (Å²) in [6, 6.07) is 20.8. The third kappa shape index (κ3) is 4.34. The second kappa shape index (κ2) is 8.82. The Hall–Kier alpha value is -3.86. The fourth-order valence-electron chi connectivity index (χ4n) is 4.15. The highest BCUT2D eigenvalue weighted by atomic mass is 16.5. The van der Waals surface area contributed by atoms with Gasteiger partial charge in [-0.25, -0.2) is 4.90 Å². The molecule has 4 rings (SSSR count). The molecule has 2 amide bonds. The van der Waals surface area contributed by atoms with Crippen LogP contribution in [0.15, 0.2) is 72.4 Å². The number of aryl methyl sites for hydroxylation is 2. The van der Waals surface area contributed by atoms with E-state index in [1.165, 1.54) is 4.90 Å². The summed E-state index contributed by atoms with van der Waals surface area (Å²) >= 11 is 0. The number of carbonyl (C=O) groups is 2. The van der Waals surface area contributed by atoms with E-state index in [0.29, 0.717) is 22.7 Å². The second-order valence-corrected chi connectivity index (χ2v) is 9.66. The average Bonchev–Trinajstić information content (AvgIpc) is 3.03. The number of methoxy groups -OCH3 is 1. The first-order valence-electron chi connectivity index (χ1n) is 11.3. The van der Waals surface area contributed by atoms with Crippen LogP contribution in [0.25, 0.3) is 5.57 Å². The Kier molecular flexibility index (Phi) is 6.05. The van der Waals surface area contributed by atoms with E-state index in [9.17, 15) is 9.59 Å². The summed E-state index contributed by atoms with van der Waals surface area (Å²) in [5.74, 6) is -0.000651. The summed E-state index contributed by atoms with van der Waals surface area (Å²) in [4.78, 5) is 28.6. The van der Waals surface area contributed by atoms with Gasteiger partial charge in [-0.2, -0.15) is 0 Å². The number of amides is 2. The van der Waals surface area contributed by atoms with Crippen LogP contribution in [0.1, 0.15) is 43.0 Å². The lowest BCUT2D eigenvalue weighted by Crippen LogP contribution is -2.32. The van der Waals surface area contributed by atoms with E-state index >= 15 is 0 Å². The molecule has 0 aromatic heterocycles. The lowest BCUT2D eigenvalue weighted by atomic mass is 9.87. The first-order valence-corrected chi connectivity index (χ1v) is 11.3. The van der Waals surface area contributed by atoms with Crippen molar-refractivity contribution >= 4 is 28.8 Å². The number of nitrogens with one attached hydrogen (secondary N) is 1. The van der Waals surface area contributed by atoms with Gasteiger partial charge in [-0.15, -0.1) is 0 Å². The molecule has 0 saturated heterocycles. The summed E-state index contributed by atoms with van der Waals surface area (Å²) in [7, 11) is 1.60. The number of hydrogen-bond donors (Lipinski definition) is 1. The molecule has 0 saturated carbocycles. The molecule has 0 unspecified atom stereocenters. The lowest BCUT2D eigenvalue weighted by Gasteiger charge is -2.21. The first-order chi connectivity index (χ1) is 16.1. The van der Waals surface area contributed by atoms with Crippen molar-refractivity contribution in [3.8, 4) is 5.75 Å². The zero-order valence-electron chi connectivity index (χ0n) is 20.5. The van der Waals surface area contributed by atoms with Crippen molar-refractivity contribution in [1.29, 1.82) is 0 Å². The quantitative estimate of drug-likeness (QED) is 0.480. The molecule has 3 aromatic rings. The van der Waals surface area contributed by atoms with Gasteiger partial charge in [0.2, 0.25) is 0 Å². The molecule has 0 radical (unpaired) electrons. The van der Waals surface area contributed by atoms with Gasteiger partial charge in [0.25, 0.3) is 11.8 Å². The van der Waals surface area contributed by atoms with E-state index in [1.54, 1.807) is 7.11 Å². The van der Waals surface area contributed by atoms with Crippen molar-refractivity contribution < 1.29 is 14.3 Å². The number of anilines is 2. The highest BCUT2D eigenvalue weighted by Crippen LogP contribution is 2.36.